The molecule has 0 aliphatic heterocycles. The van der Waals surface area contributed by atoms with E-state index in [0.29, 0.717) is 11.4 Å². The Kier molecular flexibility index (Phi) is 3.42. The number of hydrogen-bond donors (Lipinski definition) is 1. The second kappa shape index (κ2) is 5.01. The van der Waals surface area contributed by atoms with Crippen LogP contribution in [0.2, 0.25) is 5.15 Å². The number of amides is 1. The molecule has 2 aromatic heterocycles. The van der Waals surface area contributed by atoms with Gasteiger partial charge in [0.1, 0.15) is 10.8 Å². The molecule has 0 atom stereocenters. The van der Waals surface area contributed by atoms with Gasteiger partial charge in [0, 0.05) is 0 Å². The summed E-state index contributed by atoms with van der Waals surface area (Å²) in [5.74, 6) is -0.375. The van der Waals surface area contributed by atoms with Crippen molar-refractivity contribution >= 4 is 23.5 Å². The molecule has 8 heteroatoms. The van der Waals surface area contributed by atoms with E-state index in [-0.39, 0.29) is 16.8 Å². The van der Waals surface area contributed by atoms with Crippen LogP contribution in [0.15, 0.2) is 12.4 Å². The SMILES string of the molecule is Cc1nnc(NC(=O)c2cncc(Cl)n2)nc1C. The monoisotopic (exact) mass is 264 g/mol. The van der Waals surface area contributed by atoms with E-state index < -0.39 is 5.91 Å². The maximum atomic E-state index is 11.8. The van der Waals surface area contributed by atoms with Crippen LogP contribution in [0.5, 0.6) is 0 Å². The highest BCUT2D eigenvalue weighted by Crippen LogP contribution is 2.06. The number of carbonyl (C=O) groups excluding carboxylic acids is 1. The van der Waals surface area contributed by atoms with E-state index >= 15 is 0 Å². The highest BCUT2D eigenvalue weighted by atomic mass is 35.5. The molecule has 0 spiro atoms. The summed E-state index contributed by atoms with van der Waals surface area (Å²) in [5, 5.41) is 10.2. The molecule has 7 nitrogen and oxygen atoms in total. The van der Waals surface area contributed by atoms with Crippen LogP contribution in [0.1, 0.15) is 21.9 Å². The lowest BCUT2D eigenvalue weighted by molar-refractivity contribution is 0.102. The van der Waals surface area contributed by atoms with Crippen LogP contribution in [-0.4, -0.2) is 31.1 Å². The molecule has 2 heterocycles. The van der Waals surface area contributed by atoms with Crippen LogP contribution < -0.4 is 5.32 Å². The van der Waals surface area contributed by atoms with Gasteiger partial charge in [0.25, 0.3) is 5.91 Å². The van der Waals surface area contributed by atoms with Gasteiger partial charge < -0.3 is 0 Å². The lowest BCUT2D eigenvalue weighted by Crippen LogP contribution is -2.17. The van der Waals surface area contributed by atoms with Gasteiger partial charge in [-0.3, -0.25) is 15.1 Å². The number of anilines is 1. The summed E-state index contributed by atoms with van der Waals surface area (Å²) in [4.78, 5) is 23.4. The van der Waals surface area contributed by atoms with Crippen LogP contribution in [0.3, 0.4) is 0 Å². The van der Waals surface area contributed by atoms with Crippen molar-refractivity contribution in [3.8, 4) is 0 Å². The Labute approximate surface area is 108 Å². The van der Waals surface area contributed by atoms with Crippen LogP contribution in [0.25, 0.3) is 0 Å². The van der Waals surface area contributed by atoms with E-state index in [2.05, 4.69) is 30.5 Å². The molecule has 2 rings (SSSR count). The van der Waals surface area contributed by atoms with Crippen molar-refractivity contribution in [3.63, 3.8) is 0 Å². The van der Waals surface area contributed by atoms with Gasteiger partial charge in [0.05, 0.1) is 23.8 Å². The quantitative estimate of drug-likeness (QED) is 0.875. The van der Waals surface area contributed by atoms with Gasteiger partial charge in [-0.2, -0.15) is 5.10 Å². The molecule has 2 aromatic rings. The fourth-order valence-corrected chi connectivity index (χ4v) is 1.27. The van der Waals surface area contributed by atoms with E-state index in [1.807, 2.05) is 0 Å². The minimum Gasteiger partial charge on any atom is -0.288 e. The summed E-state index contributed by atoms with van der Waals surface area (Å²) in [6, 6.07) is 0. The summed E-state index contributed by atoms with van der Waals surface area (Å²) in [7, 11) is 0. The molecule has 0 unspecified atom stereocenters. The lowest BCUT2D eigenvalue weighted by atomic mass is 10.4. The van der Waals surface area contributed by atoms with Crippen molar-refractivity contribution in [2.45, 2.75) is 13.8 Å². The predicted molar refractivity (Wildman–Crippen MR) is 64.3 cm³/mol. The highest BCUT2D eigenvalue weighted by Gasteiger charge is 2.11. The normalized spacial score (nSPS) is 10.2. The average molecular weight is 265 g/mol. The maximum Gasteiger partial charge on any atom is 0.278 e. The average Bonchev–Trinajstić information content (AvgIpc) is 2.34. The van der Waals surface area contributed by atoms with Crippen molar-refractivity contribution in [3.05, 3.63) is 34.6 Å². The molecule has 0 aromatic carbocycles. The zero-order valence-electron chi connectivity index (χ0n) is 9.68. The number of nitrogens with zero attached hydrogens (tertiary/aromatic N) is 5. The van der Waals surface area contributed by atoms with E-state index in [1.165, 1.54) is 12.4 Å². The van der Waals surface area contributed by atoms with Gasteiger partial charge in [-0.25, -0.2) is 9.97 Å². The molecule has 18 heavy (non-hydrogen) atoms. The standard InChI is InChI=1S/C10H9ClN6O/c1-5-6(2)16-17-10(13-5)15-9(18)7-3-12-4-8(11)14-7/h3-4H,1-2H3,(H,13,15,17,18). The van der Waals surface area contributed by atoms with Crippen molar-refractivity contribution < 1.29 is 4.79 Å². The van der Waals surface area contributed by atoms with Crippen LogP contribution in [0, 0.1) is 13.8 Å². The molecule has 0 radical (unpaired) electrons. The summed E-state index contributed by atoms with van der Waals surface area (Å²) >= 11 is 5.64. The zero-order chi connectivity index (χ0) is 13.1. The van der Waals surface area contributed by atoms with E-state index in [1.54, 1.807) is 13.8 Å². The third-order valence-electron chi connectivity index (χ3n) is 2.16. The molecule has 0 aliphatic carbocycles. The Morgan fingerprint density at radius 3 is 2.61 bits per heavy atom. The third kappa shape index (κ3) is 2.75. The van der Waals surface area contributed by atoms with Crippen LogP contribution in [0.4, 0.5) is 5.95 Å². The maximum absolute atomic E-state index is 11.8. The zero-order valence-corrected chi connectivity index (χ0v) is 10.4. The molecular formula is C10H9ClN6O. The number of nitrogens with one attached hydrogen (secondary N) is 1. The second-order valence-electron chi connectivity index (χ2n) is 3.49. The Bertz CT molecular complexity index is 603. The molecular weight excluding hydrogens is 256 g/mol. The minimum absolute atomic E-state index is 0.0873. The Balaban J connectivity index is 2.18. The first-order chi connectivity index (χ1) is 8.56. The van der Waals surface area contributed by atoms with Crippen molar-refractivity contribution in [1.29, 1.82) is 0 Å². The van der Waals surface area contributed by atoms with Gasteiger partial charge >= 0.3 is 0 Å². The van der Waals surface area contributed by atoms with Crippen molar-refractivity contribution in [2.24, 2.45) is 0 Å². The summed E-state index contributed by atoms with van der Waals surface area (Å²) in [6.45, 7) is 3.56. The van der Waals surface area contributed by atoms with E-state index in [4.69, 9.17) is 11.6 Å². The largest absolute Gasteiger partial charge is 0.288 e. The van der Waals surface area contributed by atoms with Crippen molar-refractivity contribution in [2.75, 3.05) is 5.32 Å². The molecule has 0 saturated carbocycles. The van der Waals surface area contributed by atoms with Gasteiger partial charge in [-0.15, -0.1) is 5.10 Å². The molecule has 0 bridgehead atoms. The number of carbonyl (C=O) groups is 1. The van der Waals surface area contributed by atoms with Gasteiger partial charge in [-0.1, -0.05) is 11.6 Å². The molecule has 0 aliphatic rings. The van der Waals surface area contributed by atoms with Crippen LogP contribution >= 0.6 is 11.6 Å². The van der Waals surface area contributed by atoms with Gasteiger partial charge in [-0.05, 0) is 13.8 Å². The first kappa shape index (κ1) is 12.3. The molecule has 92 valence electrons. The minimum atomic E-state index is -0.491. The first-order valence-corrected chi connectivity index (χ1v) is 5.41. The number of hydrogen-bond acceptors (Lipinski definition) is 6. The van der Waals surface area contributed by atoms with Gasteiger partial charge in [0.2, 0.25) is 5.95 Å². The Morgan fingerprint density at radius 1 is 1.17 bits per heavy atom. The Hall–Kier alpha value is -2.15. The lowest BCUT2D eigenvalue weighted by Gasteiger charge is -2.03. The Morgan fingerprint density at radius 2 is 1.94 bits per heavy atom. The summed E-state index contributed by atoms with van der Waals surface area (Å²) in [5.41, 5.74) is 1.48. The number of aromatic nitrogens is 5. The molecule has 0 saturated heterocycles. The third-order valence-corrected chi connectivity index (χ3v) is 2.34. The summed E-state index contributed by atoms with van der Waals surface area (Å²) < 4.78 is 0. The first-order valence-electron chi connectivity index (χ1n) is 5.03. The highest BCUT2D eigenvalue weighted by molar-refractivity contribution is 6.29. The molecule has 1 N–H and O–H groups in total. The number of aryl methyl sites for hydroxylation is 2. The predicted octanol–water partition coefficient (Wildman–Crippen LogP) is 1.18. The second-order valence-corrected chi connectivity index (χ2v) is 3.87. The smallest absolute Gasteiger partial charge is 0.278 e. The van der Waals surface area contributed by atoms with Crippen molar-refractivity contribution in [1.82, 2.24) is 25.1 Å². The summed E-state index contributed by atoms with van der Waals surface area (Å²) in [6.07, 6.45) is 2.64. The van der Waals surface area contributed by atoms with Gasteiger partial charge in [0.15, 0.2) is 0 Å². The van der Waals surface area contributed by atoms with Crippen LogP contribution in [-0.2, 0) is 0 Å². The van der Waals surface area contributed by atoms with E-state index in [9.17, 15) is 4.79 Å². The number of rotatable bonds is 2. The van der Waals surface area contributed by atoms with E-state index in [0.717, 1.165) is 0 Å². The fourth-order valence-electron chi connectivity index (χ4n) is 1.13. The topological polar surface area (TPSA) is 93.6 Å². The molecule has 0 fully saturated rings. The molecule has 1 amide bonds. The fraction of sp³-hybridized carbons (Fsp3) is 0.200. The number of halogens is 1.